The fourth-order valence-corrected chi connectivity index (χ4v) is 6.97. The number of benzene rings is 3. The van der Waals surface area contributed by atoms with Crippen molar-refractivity contribution in [2.24, 2.45) is 22.1 Å². The minimum Gasteiger partial charge on any atom is -0.511 e. The first-order valence-electron chi connectivity index (χ1n) is 16.5. The van der Waals surface area contributed by atoms with Crippen molar-refractivity contribution in [1.29, 1.82) is 0 Å². The van der Waals surface area contributed by atoms with Gasteiger partial charge in [0.25, 0.3) is 0 Å². The van der Waals surface area contributed by atoms with Gasteiger partial charge in [0.15, 0.2) is 11.4 Å². The molecule has 3 aromatic rings. The van der Waals surface area contributed by atoms with Crippen molar-refractivity contribution in [3.63, 3.8) is 0 Å². The summed E-state index contributed by atoms with van der Waals surface area (Å²) in [4.78, 5) is 32.0. The summed E-state index contributed by atoms with van der Waals surface area (Å²) in [5, 5.41) is 11.4. The van der Waals surface area contributed by atoms with Gasteiger partial charge in [-0.15, -0.1) is 0 Å². The van der Waals surface area contributed by atoms with Crippen LogP contribution in [0.15, 0.2) is 107 Å². The third-order valence-electron chi connectivity index (χ3n) is 8.97. The molecule has 2 aliphatic carbocycles. The molecule has 0 heterocycles. The second-order valence-electron chi connectivity index (χ2n) is 13.9. The fraction of sp³-hybridized carbons (Fsp3) is 0.375. The topological polar surface area (TPSA) is 102 Å². The molecule has 2 aliphatic rings. The maximum atomic E-state index is 14.1. The average molecular weight is 653 g/mol. The lowest BCUT2D eigenvalue weighted by molar-refractivity contribution is -0.154. The first kappa shape index (κ1) is 34.3. The number of allylic oxidation sites excluding steroid dienone is 4. The molecule has 3 unspecified atom stereocenters. The number of hydrogen-bond donors (Lipinski definition) is 2. The van der Waals surface area contributed by atoms with Gasteiger partial charge in [-0.2, -0.15) is 0 Å². The number of esters is 1. The molecular formula is C40H45ClN2O4. The Balaban J connectivity index is 1.54. The van der Waals surface area contributed by atoms with Crippen molar-refractivity contribution in [3.05, 3.63) is 130 Å². The van der Waals surface area contributed by atoms with Crippen LogP contribution in [0.5, 0.6) is 0 Å². The number of carbonyl (C=O) groups excluding carboxylic acids is 2. The number of halogens is 1. The lowest BCUT2D eigenvalue weighted by Gasteiger charge is -2.36. The number of Topliss-reactive ketones (excluding diaryl/α,β-unsaturated/α-hetero) is 1. The molecule has 3 N–H and O–H groups in total. The summed E-state index contributed by atoms with van der Waals surface area (Å²) in [7, 11) is 0. The Labute approximate surface area is 283 Å². The third kappa shape index (κ3) is 7.61. The van der Waals surface area contributed by atoms with Crippen LogP contribution in [0.2, 0.25) is 5.02 Å². The molecule has 0 fully saturated rings. The Hall–Kier alpha value is -4.00. The number of aliphatic hydroxyl groups is 1. The predicted octanol–water partition coefficient (Wildman–Crippen LogP) is 8.62. The molecule has 0 spiro atoms. The molecule has 0 saturated carbocycles. The molecule has 0 aromatic heterocycles. The van der Waals surface area contributed by atoms with Crippen LogP contribution in [0.1, 0.15) is 88.0 Å². The zero-order valence-corrected chi connectivity index (χ0v) is 28.5. The van der Waals surface area contributed by atoms with Gasteiger partial charge in [-0.05, 0) is 42.2 Å². The van der Waals surface area contributed by atoms with Gasteiger partial charge in [-0.25, -0.2) is 0 Å². The average Bonchev–Trinajstić information content (AvgIpc) is 3.57. The first-order valence-corrected chi connectivity index (χ1v) is 16.8. The number of carbonyl (C=O) groups is 2. The molecule has 0 radical (unpaired) electrons. The van der Waals surface area contributed by atoms with Crippen molar-refractivity contribution >= 4 is 29.1 Å². The van der Waals surface area contributed by atoms with E-state index in [2.05, 4.69) is 24.3 Å². The Morgan fingerprint density at radius 2 is 1.68 bits per heavy atom. The zero-order valence-electron chi connectivity index (χ0n) is 27.7. The van der Waals surface area contributed by atoms with E-state index >= 15 is 0 Å². The van der Waals surface area contributed by atoms with Crippen molar-refractivity contribution < 1.29 is 19.4 Å². The number of ketones is 1. The van der Waals surface area contributed by atoms with E-state index in [1.165, 1.54) is 5.56 Å². The Kier molecular flexibility index (Phi) is 10.5. The number of aliphatic hydroxyl groups excluding tert-OH is 1. The van der Waals surface area contributed by atoms with E-state index in [4.69, 9.17) is 27.1 Å². The Bertz CT molecular complexity index is 1690. The van der Waals surface area contributed by atoms with E-state index in [-0.39, 0.29) is 35.0 Å². The number of nitrogens with two attached hydrogens (primary N) is 1. The van der Waals surface area contributed by atoms with Gasteiger partial charge >= 0.3 is 5.97 Å². The zero-order chi connectivity index (χ0) is 33.8. The second-order valence-corrected chi connectivity index (χ2v) is 14.3. The minimum atomic E-state index is -1.41. The first-order chi connectivity index (χ1) is 22.4. The van der Waals surface area contributed by atoms with Gasteiger partial charge in [0.1, 0.15) is 11.8 Å². The number of rotatable bonds is 11. The molecule has 5 rings (SSSR count). The molecule has 0 aliphatic heterocycles. The van der Waals surface area contributed by atoms with Gasteiger partial charge < -0.3 is 15.6 Å². The minimum absolute atomic E-state index is 0.0418. The van der Waals surface area contributed by atoms with Crippen LogP contribution in [0.4, 0.5) is 0 Å². The summed E-state index contributed by atoms with van der Waals surface area (Å²) in [6.07, 6.45) is 7.71. The Morgan fingerprint density at radius 3 is 2.30 bits per heavy atom. The van der Waals surface area contributed by atoms with Crippen LogP contribution in [0.3, 0.4) is 0 Å². The van der Waals surface area contributed by atoms with Gasteiger partial charge in [0.05, 0.1) is 12.1 Å². The maximum Gasteiger partial charge on any atom is 0.326 e. The number of ether oxygens (including phenoxy) is 1. The molecule has 3 aromatic carbocycles. The normalized spacial score (nSPS) is 19.9. The highest BCUT2D eigenvalue weighted by atomic mass is 35.5. The largest absolute Gasteiger partial charge is 0.511 e. The van der Waals surface area contributed by atoms with E-state index in [9.17, 15) is 14.7 Å². The maximum absolute atomic E-state index is 14.1. The quantitative estimate of drug-likeness (QED) is 0.0934. The number of hydrogen-bond acceptors (Lipinski definition) is 6. The Morgan fingerprint density at radius 1 is 1.02 bits per heavy atom. The molecule has 0 saturated heterocycles. The molecule has 7 heteroatoms. The van der Waals surface area contributed by atoms with Crippen molar-refractivity contribution in [2.45, 2.75) is 77.4 Å². The molecule has 6 nitrogen and oxygen atoms in total. The fourth-order valence-electron chi connectivity index (χ4n) is 6.70. The summed E-state index contributed by atoms with van der Waals surface area (Å²) in [6.45, 7) is 7.84. The molecular weight excluding hydrogens is 608 g/mol. The van der Waals surface area contributed by atoms with Crippen LogP contribution in [0.25, 0.3) is 0 Å². The van der Waals surface area contributed by atoms with Crippen LogP contribution >= 0.6 is 11.6 Å². The SMILES string of the molecule is CC(C)CC(=NCC(N)C(=O)OC(c1ccccc1)(c1ccc(C2C=CCC2)cc1)c1ccccc1Cl)C1=C(O)CC(C)(C)CC1=O. The van der Waals surface area contributed by atoms with E-state index in [0.29, 0.717) is 41.5 Å². The monoisotopic (exact) mass is 652 g/mol. The van der Waals surface area contributed by atoms with Crippen LogP contribution in [-0.4, -0.2) is 35.2 Å². The van der Waals surface area contributed by atoms with Gasteiger partial charge in [-0.1, -0.05) is 124 Å². The highest BCUT2D eigenvalue weighted by Gasteiger charge is 2.43. The highest BCUT2D eigenvalue weighted by molar-refractivity contribution is 6.31. The van der Waals surface area contributed by atoms with Crippen LogP contribution in [0, 0.1) is 11.3 Å². The summed E-state index contributed by atoms with van der Waals surface area (Å²) in [5.41, 5.74) is 8.77. The number of aliphatic imine (C=N–C) groups is 1. The van der Waals surface area contributed by atoms with E-state index in [0.717, 1.165) is 24.0 Å². The van der Waals surface area contributed by atoms with Crippen LogP contribution in [-0.2, 0) is 19.9 Å². The second kappa shape index (κ2) is 14.4. The summed E-state index contributed by atoms with van der Waals surface area (Å²) in [6, 6.07) is 23.9. The highest BCUT2D eigenvalue weighted by Crippen LogP contribution is 2.44. The van der Waals surface area contributed by atoms with E-state index in [1.807, 2.05) is 88.4 Å². The smallest absolute Gasteiger partial charge is 0.326 e. The molecule has 246 valence electrons. The van der Waals surface area contributed by atoms with Crippen molar-refractivity contribution in [3.8, 4) is 0 Å². The summed E-state index contributed by atoms with van der Waals surface area (Å²) < 4.78 is 6.57. The number of nitrogens with zero attached hydrogens (tertiary/aromatic N) is 1. The molecule has 3 atom stereocenters. The molecule has 47 heavy (non-hydrogen) atoms. The van der Waals surface area contributed by atoms with Crippen molar-refractivity contribution in [2.75, 3.05) is 6.54 Å². The molecule has 0 amide bonds. The third-order valence-corrected chi connectivity index (χ3v) is 9.30. The van der Waals surface area contributed by atoms with Gasteiger partial charge in [0, 0.05) is 46.2 Å². The summed E-state index contributed by atoms with van der Waals surface area (Å²) in [5.74, 6) is -0.263. The van der Waals surface area contributed by atoms with Gasteiger partial charge in [0.2, 0.25) is 0 Å². The van der Waals surface area contributed by atoms with Gasteiger partial charge in [-0.3, -0.25) is 14.6 Å². The standard InChI is InChI=1S/C40H45ClN2O4/c1-26(2)22-34(37-35(44)23-39(3,4)24-36(37)45)43-25-33(42)38(46)47-40(29-14-6-5-7-15-29,31-16-10-11-17-32(31)41)30-20-18-28(19-21-30)27-12-8-9-13-27/h5-8,10-12,14-21,26-27,33,44H,9,13,22-25,42H2,1-4H3. The lowest BCUT2D eigenvalue weighted by atomic mass is 9.75. The predicted molar refractivity (Wildman–Crippen MR) is 189 cm³/mol. The van der Waals surface area contributed by atoms with E-state index < -0.39 is 17.6 Å². The summed E-state index contributed by atoms with van der Waals surface area (Å²) >= 11 is 6.88. The van der Waals surface area contributed by atoms with Crippen molar-refractivity contribution in [1.82, 2.24) is 0 Å². The van der Waals surface area contributed by atoms with Crippen LogP contribution < -0.4 is 5.73 Å². The molecule has 0 bridgehead atoms. The van der Waals surface area contributed by atoms with E-state index in [1.54, 1.807) is 6.07 Å². The lowest BCUT2D eigenvalue weighted by Crippen LogP contribution is -2.43.